The summed E-state index contributed by atoms with van der Waals surface area (Å²) in [6, 6.07) is 17.2. The summed E-state index contributed by atoms with van der Waals surface area (Å²) >= 11 is 0. The van der Waals surface area contributed by atoms with Crippen LogP contribution in [0, 0.1) is 0 Å². The molecule has 0 N–H and O–H groups in total. The zero-order valence-electron chi connectivity index (χ0n) is 17.0. The molecular formula is C23H23N5O2. The zero-order chi connectivity index (χ0) is 20.9. The van der Waals surface area contributed by atoms with Crippen molar-refractivity contribution in [3.8, 4) is 0 Å². The summed E-state index contributed by atoms with van der Waals surface area (Å²) in [5.74, 6) is -0.158. The SMILES string of the molecule is COCC(c1ccccn1)N(C)C(=O)c1cnc2c(c1)ncn2Cc1ccccc1. The molecule has 1 unspecified atom stereocenters. The largest absolute Gasteiger partial charge is 0.382 e. The lowest BCUT2D eigenvalue weighted by Gasteiger charge is -2.27. The number of ether oxygens (including phenoxy) is 1. The molecule has 1 atom stereocenters. The first-order valence-corrected chi connectivity index (χ1v) is 9.69. The molecule has 0 saturated carbocycles. The summed E-state index contributed by atoms with van der Waals surface area (Å²) in [6.07, 6.45) is 5.07. The minimum absolute atomic E-state index is 0.158. The van der Waals surface area contributed by atoms with Gasteiger partial charge in [0.2, 0.25) is 0 Å². The summed E-state index contributed by atoms with van der Waals surface area (Å²) in [4.78, 5) is 28.1. The average Bonchev–Trinajstić information content (AvgIpc) is 3.19. The number of imidazole rings is 1. The second-order valence-corrected chi connectivity index (χ2v) is 7.07. The van der Waals surface area contributed by atoms with E-state index in [4.69, 9.17) is 4.74 Å². The highest BCUT2D eigenvalue weighted by Gasteiger charge is 2.24. The Kier molecular flexibility index (Phi) is 5.81. The first kappa shape index (κ1) is 19.7. The molecule has 4 aromatic rings. The van der Waals surface area contributed by atoms with Crippen molar-refractivity contribution in [1.82, 2.24) is 24.4 Å². The van der Waals surface area contributed by atoms with Crippen LogP contribution in [0.3, 0.4) is 0 Å². The van der Waals surface area contributed by atoms with Gasteiger partial charge in [-0.2, -0.15) is 0 Å². The lowest BCUT2D eigenvalue weighted by Crippen LogP contribution is -2.34. The van der Waals surface area contributed by atoms with Gasteiger partial charge >= 0.3 is 0 Å². The van der Waals surface area contributed by atoms with E-state index in [1.54, 1.807) is 43.8 Å². The molecule has 0 radical (unpaired) electrons. The van der Waals surface area contributed by atoms with Crippen LogP contribution < -0.4 is 0 Å². The van der Waals surface area contributed by atoms with Gasteiger partial charge in [0.1, 0.15) is 5.52 Å². The number of pyridine rings is 2. The fourth-order valence-electron chi connectivity index (χ4n) is 3.43. The molecule has 1 aromatic carbocycles. The van der Waals surface area contributed by atoms with Crippen molar-refractivity contribution in [3.05, 3.63) is 90.1 Å². The van der Waals surface area contributed by atoms with E-state index in [0.29, 0.717) is 24.2 Å². The second kappa shape index (κ2) is 8.84. The van der Waals surface area contributed by atoms with Crippen LogP contribution in [0.5, 0.6) is 0 Å². The van der Waals surface area contributed by atoms with Gasteiger partial charge in [0.15, 0.2) is 5.65 Å². The molecule has 30 heavy (non-hydrogen) atoms. The smallest absolute Gasteiger partial charge is 0.255 e. The van der Waals surface area contributed by atoms with Crippen molar-refractivity contribution in [3.63, 3.8) is 0 Å². The number of hydrogen-bond acceptors (Lipinski definition) is 5. The van der Waals surface area contributed by atoms with Crippen LogP contribution in [0.25, 0.3) is 11.2 Å². The number of hydrogen-bond donors (Lipinski definition) is 0. The zero-order valence-corrected chi connectivity index (χ0v) is 17.0. The van der Waals surface area contributed by atoms with Gasteiger partial charge in [-0.1, -0.05) is 36.4 Å². The van der Waals surface area contributed by atoms with Crippen LogP contribution in [-0.4, -0.2) is 51.1 Å². The first-order valence-electron chi connectivity index (χ1n) is 9.69. The van der Waals surface area contributed by atoms with Gasteiger partial charge < -0.3 is 14.2 Å². The standard InChI is InChI=1S/C23H23N5O2/c1-27(21(15-30-2)19-10-6-7-11-24-19)23(29)18-12-20-22(25-13-18)28(16-26-20)14-17-8-4-3-5-9-17/h3-13,16,21H,14-15H2,1-2H3. The molecule has 4 rings (SSSR count). The topological polar surface area (TPSA) is 73.1 Å². The minimum Gasteiger partial charge on any atom is -0.382 e. The number of rotatable bonds is 7. The fraction of sp³-hybridized carbons (Fsp3) is 0.217. The lowest BCUT2D eigenvalue weighted by molar-refractivity contribution is 0.0595. The van der Waals surface area contributed by atoms with Crippen molar-refractivity contribution in [1.29, 1.82) is 0 Å². The number of benzene rings is 1. The molecule has 3 heterocycles. The van der Waals surface area contributed by atoms with E-state index in [9.17, 15) is 4.79 Å². The van der Waals surface area contributed by atoms with Crippen LogP contribution in [0.15, 0.2) is 73.3 Å². The van der Waals surface area contributed by atoms with E-state index in [1.165, 1.54) is 0 Å². The third kappa shape index (κ3) is 4.06. The molecule has 0 aliphatic heterocycles. The van der Waals surface area contributed by atoms with E-state index in [1.807, 2.05) is 41.0 Å². The van der Waals surface area contributed by atoms with Crippen molar-refractivity contribution in [2.24, 2.45) is 0 Å². The van der Waals surface area contributed by atoms with Gasteiger partial charge in [-0.25, -0.2) is 9.97 Å². The Hall–Kier alpha value is -3.58. The number of methoxy groups -OCH3 is 1. The lowest BCUT2D eigenvalue weighted by atomic mass is 10.1. The number of nitrogens with zero attached hydrogens (tertiary/aromatic N) is 5. The molecule has 7 nitrogen and oxygen atoms in total. The summed E-state index contributed by atoms with van der Waals surface area (Å²) in [7, 11) is 3.36. The molecule has 0 bridgehead atoms. The number of aromatic nitrogens is 4. The number of likely N-dealkylation sites (N-methyl/N-ethyl adjacent to an activating group) is 1. The third-order valence-electron chi connectivity index (χ3n) is 5.04. The minimum atomic E-state index is -0.296. The summed E-state index contributed by atoms with van der Waals surface area (Å²) < 4.78 is 7.31. The third-order valence-corrected chi connectivity index (χ3v) is 5.04. The number of carbonyl (C=O) groups excluding carboxylic acids is 1. The highest BCUT2D eigenvalue weighted by Crippen LogP contribution is 2.21. The predicted octanol–water partition coefficient (Wildman–Crippen LogP) is 3.33. The van der Waals surface area contributed by atoms with Crippen molar-refractivity contribution in [2.75, 3.05) is 20.8 Å². The monoisotopic (exact) mass is 401 g/mol. The predicted molar refractivity (Wildman–Crippen MR) is 114 cm³/mol. The van der Waals surface area contributed by atoms with Gasteiger partial charge in [-0.15, -0.1) is 0 Å². The fourth-order valence-corrected chi connectivity index (χ4v) is 3.43. The van der Waals surface area contributed by atoms with Crippen LogP contribution in [0.2, 0.25) is 0 Å². The molecule has 0 aliphatic carbocycles. The molecule has 0 spiro atoms. The van der Waals surface area contributed by atoms with E-state index in [0.717, 1.165) is 16.9 Å². The number of carbonyl (C=O) groups is 1. The summed E-state index contributed by atoms with van der Waals surface area (Å²) in [5, 5.41) is 0. The molecule has 0 saturated heterocycles. The van der Waals surface area contributed by atoms with Crippen LogP contribution >= 0.6 is 0 Å². The number of amides is 1. The van der Waals surface area contributed by atoms with Crippen molar-refractivity contribution in [2.45, 2.75) is 12.6 Å². The summed E-state index contributed by atoms with van der Waals surface area (Å²) in [5.41, 5.74) is 3.85. The maximum Gasteiger partial charge on any atom is 0.255 e. The quantitative estimate of drug-likeness (QED) is 0.475. The average molecular weight is 401 g/mol. The van der Waals surface area contributed by atoms with E-state index in [-0.39, 0.29) is 11.9 Å². The normalized spacial score (nSPS) is 12.1. The van der Waals surface area contributed by atoms with E-state index in [2.05, 4.69) is 27.1 Å². The molecule has 152 valence electrons. The molecule has 3 aromatic heterocycles. The van der Waals surface area contributed by atoms with Crippen molar-refractivity contribution >= 4 is 17.1 Å². The first-order chi connectivity index (χ1) is 14.7. The Balaban J connectivity index is 1.58. The maximum absolute atomic E-state index is 13.1. The van der Waals surface area contributed by atoms with Gasteiger partial charge in [-0.05, 0) is 23.8 Å². The Morgan fingerprint density at radius 1 is 1.10 bits per heavy atom. The highest BCUT2D eigenvalue weighted by molar-refractivity contribution is 5.96. The van der Waals surface area contributed by atoms with Gasteiger partial charge in [0.25, 0.3) is 5.91 Å². The van der Waals surface area contributed by atoms with E-state index < -0.39 is 0 Å². The van der Waals surface area contributed by atoms with E-state index >= 15 is 0 Å². The highest BCUT2D eigenvalue weighted by atomic mass is 16.5. The van der Waals surface area contributed by atoms with Crippen LogP contribution in [-0.2, 0) is 11.3 Å². The second-order valence-electron chi connectivity index (χ2n) is 7.07. The molecule has 7 heteroatoms. The Labute approximate surface area is 175 Å². The van der Waals surface area contributed by atoms with Gasteiger partial charge in [0, 0.05) is 26.6 Å². The Bertz CT molecular complexity index is 1130. The number of fused-ring (bicyclic) bond motifs is 1. The van der Waals surface area contributed by atoms with Crippen LogP contribution in [0.1, 0.15) is 27.7 Å². The Morgan fingerprint density at radius 2 is 1.90 bits per heavy atom. The molecular weight excluding hydrogens is 378 g/mol. The van der Waals surface area contributed by atoms with Gasteiger partial charge in [-0.3, -0.25) is 9.78 Å². The van der Waals surface area contributed by atoms with Crippen molar-refractivity contribution < 1.29 is 9.53 Å². The molecule has 0 aliphatic rings. The maximum atomic E-state index is 13.1. The molecule has 0 fully saturated rings. The molecule has 1 amide bonds. The van der Waals surface area contributed by atoms with Crippen LogP contribution in [0.4, 0.5) is 0 Å². The summed E-state index contributed by atoms with van der Waals surface area (Å²) in [6.45, 7) is 1.02. The Morgan fingerprint density at radius 3 is 2.63 bits per heavy atom. The van der Waals surface area contributed by atoms with Gasteiger partial charge in [0.05, 0.1) is 36.8 Å².